The molecule has 1 aromatic rings. The number of hydrogen-bond donors (Lipinski definition) is 2. The summed E-state index contributed by atoms with van der Waals surface area (Å²) in [6.07, 6.45) is 6.32. The van der Waals surface area contributed by atoms with Crippen LogP contribution < -0.4 is 15.5 Å². The SMILES string of the molecule is CN=C(NCCCOCC1CCCO1)NC1CCN(c2ncccc2Cl)C1. The van der Waals surface area contributed by atoms with Crippen LogP contribution in [0.25, 0.3) is 0 Å². The molecule has 2 fully saturated rings. The summed E-state index contributed by atoms with van der Waals surface area (Å²) in [6, 6.07) is 4.06. The summed E-state index contributed by atoms with van der Waals surface area (Å²) in [5, 5.41) is 7.54. The topological polar surface area (TPSA) is 71.0 Å². The summed E-state index contributed by atoms with van der Waals surface area (Å²) in [5.74, 6) is 1.68. The highest BCUT2D eigenvalue weighted by molar-refractivity contribution is 6.32. The average Bonchev–Trinajstić information content (AvgIpc) is 3.36. The number of guanidine groups is 1. The maximum absolute atomic E-state index is 6.26. The lowest BCUT2D eigenvalue weighted by atomic mass is 10.2. The zero-order chi connectivity index (χ0) is 18.9. The molecule has 0 amide bonds. The van der Waals surface area contributed by atoms with Crippen molar-refractivity contribution in [1.82, 2.24) is 15.6 Å². The predicted molar refractivity (Wildman–Crippen MR) is 109 cm³/mol. The van der Waals surface area contributed by atoms with E-state index in [0.29, 0.717) is 23.8 Å². The molecule has 27 heavy (non-hydrogen) atoms. The minimum atomic E-state index is 0.297. The van der Waals surface area contributed by atoms with Crippen molar-refractivity contribution in [2.24, 2.45) is 4.99 Å². The number of aliphatic imine (C=N–C) groups is 1. The fraction of sp³-hybridized carbons (Fsp3) is 0.684. The van der Waals surface area contributed by atoms with Gasteiger partial charge in [-0.05, 0) is 37.8 Å². The summed E-state index contributed by atoms with van der Waals surface area (Å²) in [6.45, 7) is 4.95. The third-order valence-corrected chi connectivity index (χ3v) is 5.17. The lowest BCUT2D eigenvalue weighted by molar-refractivity contribution is 0.0168. The molecule has 2 unspecified atom stereocenters. The van der Waals surface area contributed by atoms with Crippen LogP contribution in [-0.4, -0.2) is 69.6 Å². The Morgan fingerprint density at radius 3 is 3.19 bits per heavy atom. The van der Waals surface area contributed by atoms with Gasteiger partial charge < -0.3 is 25.0 Å². The van der Waals surface area contributed by atoms with Gasteiger partial charge in [-0.2, -0.15) is 0 Å². The van der Waals surface area contributed by atoms with E-state index in [1.807, 2.05) is 12.1 Å². The second-order valence-electron chi connectivity index (χ2n) is 6.95. The normalized spacial score (nSPS) is 23.0. The molecule has 2 aliphatic heterocycles. The Hall–Kier alpha value is -1.57. The summed E-state index contributed by atoms with van der Waals surface area (Å²) in [7, 11) is 1.80. The molecule has 150 valence electrons. The summed E-state index contributed by atoms with van der Waals surface area (Å²) in [5.41, 5.74) is 0. The molecule has 0 aromatic carbocycles. The first-order chi connectivity index (χ1) is 13.3. The van der Waals surface area contributed by atoms with Gasteiger partial charge in [0, 0.05) is 52.1 Å². The number of halogens is 1. The van der Waals surface area contributed by atoms with Crippen molar-refractivity contribution in [2.45, 2.75) is 37.8 Å². The van der Waals surface area contributed by atoms with Crippen LogP contribution in [0.2, 0.25) is 5.02 Å². The Kier molecular flexibility index (Phi) is 7.98. The van der Waals surface area contributed by atoms with E-state index in [2.05, 4.69) is 25.5 Å². The lowest BCUT2D eigenvalue weighted by Crippen LogP contribution is -2.45. The molecule has 3 heterocycles. The second kappa shape index (κ2) is 10.7. The number of anilines is 1. The van der Waals surface area contributed by atoms with Crippen molar-refractivity contribution in [1.29, 1.82) is 0 Å². The Bertz CT molecular complexity index is 610. The number of nitrogens with zero attached hydrogens (tertiary/aromatic N) is 3. The largest absolute Gasteiger partial charge is 0.379 e. The van der Waals surface area contributed by atoms with Gasteiger partial charge in [-0.15, -0.1) is 0 Å². The molecule has 0 saturated carbocycles. The standard InChI is InChI=1S/C19H30ClN5O2/c1-21-19(23-9-4-11-26-14-16-5-3-12-27-16)24-15-7-10-25(13-15)18-17(20)6-2-8-22-18/h2,6,8,15-16H,3-5,7,9-14H2,1H3,(H2,21,23,24). The fourth-order valence-corrected chi connectivity index (χ4v) is 3.68. The number of rotatable bonds is 8. The molecular weight excluding hydrogens is 366 g/mol. The third kappa shape index (κ3) is 6.23. The van der Waals surface area contributed by atoms with E-state index >= 15 is 0 Å². The first kappa shape index (κ1) is 20.2. The number of hydrogen-bond acceptors (Lipinski definition) is 5. The molecule has 2 aliphatic rings. The monoisotopic (exact) mass is 395 g/mol. The maximum atomic E-state index is 6.26. The lowest BCUT2D eigenvalue weighted by Gasteiger charge is -2.20. The van der Waals surface area contributed by atoms with E-state index in [9.17, 15) is 0 Å². The summed E-state index contributed by atoms with van der Waals surface area (Å²) >= 11 is 6.26. The van der Waals surface area contributed by atoms with Gasteiger partial charge in [0.1, 0.15) is 5.82 Å². The molecule has 2 saturated heterocycles. The molecule has 2 atom stereocenters. The van der Waals surface area contributed by atoms with E-state index in [1.54, 1.807) is 13.2 Å². The zero-order valence-corrected chi connectivity index (χ0v) is 16.7. The molecule has 3 rings (SSSR count). The van der Waals surface area contributed by atoms with Crippen molar-refractivity contribution < 1.29 is 9.47 Å². The molecule has 8 heteroatoms. The highest BCUT2D eigenvalue weighted by Gasteiger charge is 2.25. The van der Waals surface area contributed by atoms with Gasteiger partial charge in [0.15, 0.2) is 5.96 Å². The van der Waals surface area contributed by atoms with E-state index in [1.165, 1.54) is 0 Å². The first-order valence-electron chi connectivity index (χ1n) is 9.78. The van der Waals surface area contributed by atoms with Crippen LogP contribution in [0.4, 0.5) is 5.82 Å². The van der Waals surface area contributed by atoms with Crippen LogP contribution in [0.15, 0.2) is 23.3 Å². The number of nitrogens with one attached hydrogen (secondary N) is 2. The molecular formula is C19H30ClN5O2. The highest BCUT2D eigenvalue weighted by Crippen LogP contribution is 2.25. The molecule has 2 N–H and O–H groups in total. The smallest absolute Gasteiger partial charge is 0.191 e. The van der Waals surface area contributed by atoms with Gasteiger partial charge in [0.05, 0.1) is 17.7 Å². The van der Waals surface area contributed by atoms with Crippen LogP contribution in [0.1, 0.15) is 25.7 Å². The second-order valence-corrected chi connectivity index (χ2v) is 7.35. The predicted octanol–water partition coefficient (Wildman–Crippen LogP) is 2.06. The molecule has 0 bridgehead atoms. The van der Waals surface area contributed by atoms with Crippen LogP contribution >= 0.6 is 11.6 Å². The van der Waals surface area contributed by atoms with Gasteiger partial charge in [0.25, 0.3) is 0 Å². The van der Waals surface area contributed by atoms with Gasteiger partial charge in [-0.25, -0.2) is 4.98 Å². The highest BCUT2D eigenvalue weighted by atomic mass is 35.5. The first-order valence-corrected chi connectivity index (χ1v) is 10.2. The van der Waals surface area contributed by atoms with Crippen molar-refractivity contribution in [3.63, 3.8) is 0 Å². The van der Waals surface area contributed by atoms with Crippen molar-refractivity contribution in [3.05, 3.63) is 23.4 Å². The van der Waals surface area contributed by atoms with Crippen molar-refractivity contribution >= 4 is 23.4 Å². The minimum Gasteiger partial charge on any atom is -0.379 e. The number of aromatic nitrogens is 1. The Labute approximate surface area is 166 Å². The number of ether oxygens (including phenoxy) is 2. The molecule has 0 radical (unpaired) electrons. The van der Waals surface area contributed by atoms with E-state index < -0.39 is 0 Å². The van der Waals surface area contributed by atoms with Crippen molar-refractivity contribution in [3.8, 4) is 0 Å². The van der Waals surface area contributed by atoms with Crippen LogP contribution in [0.5, 0.6) is 0 Å². The van der Waals surface area contributed by atoms with Crippen LogP contribution in [-0.2, 0) is 9.47 Å². The summed E-state index contributed by atoms with van der Waals surface area (Å²) in [4.78, 5) is 10.9. The summed E-state index contributed by atoms with van der Waals surface area (Å²) < 4.78 is 11.2. The van der Waals surface area contributed by atoms with Gasteiger partial charge in [-0.3, -0.25) is 4.99 Å². The van der Waals surface area contributed by atoms with Gasteiger partial charge >= 0.3 is 0 Å². The molecule has 0 spiro atoms. The fourth-order valence-electron chi connectivity index (χ4n) is 3.44. The zero-order valence-electron chi connectivity index (χ0n) is 16.0. The molecule has 1 aromatic heterocycles. The molecule has 7 nitrogen and oxygen atoms in total. The van der Waals surface area contributed by atoms with E-state index in [4.69, 9.17) is 21.1 Å². The average molecular weight is 396 g/mol. The van der Waals surface area contributed by atoms with Crippen molar-refractivity contribution in [2.75, 3.05) is 51.4 Å². The Morgan fingerprint density at radius 1 is 1.48 bits per heavy atom. The minimum absolute atomic E-state index is 0.297. The quantitative estimate of drug-likeness (QED) is 0.399. The van der Waals surface area contributed by atoms with Gasteiger partial charge in [0.2, 0.25) is 0 Å². The van der Waals surface area contributed by atoms with E-state index in [0.717, 1.165) is 70.3 Å². The van der Waals surface area contributed by atoms with Crippen LogP contribution in [0, 0.1) is 0 Å². The number of pyridine rings is 1. The third-order valence-electron chi connectivity index (χ3n) is 4.88. The molecule has 0 aliphatic carbocycles. The van der Waals surface area contributed by atoms with E-state index in [-0.39, 0.29) is 0 Å². The Balaban J connectivity index is 1.31. The Morgan fingerprint density at radius 2 is 2.41 bits per heavy atom. The van der Waals surface area contributed by atoms with Crippen LogP contribution in [0.3, 0.4) is 0 Å². The maximum Gasteiger partial charge on any atom is 0.191 e. The van der Waals surface area contributed by atoms with Gasteiger partial charge in [-0.1, -0.05) is 11.6 Å².